The highest BCUT2D eigenvalue weighted by atomic mass is 31.1. The molecule has 0 saturated carbocycles. The van der Waals surface area contributed by atoms with Crippen LogP contribution in [0.3, 0.4) is 0 Å². The Balaban J connectivity index is 1.28. The maximum atomic E-state index is 4.23. The van der Waals surface area contributed by atoms with E-state index in [1.807, 2.05) is 0 Å². The predicted molar refractivity (Wildman–Crippen MR) is 260 cm³/mol. The van der Waals surface area contributed by atoms with Crippen molar-refractivity contribution in [3.05, 3.63) is 170 Å². The molecule has 0 atom stereocenters. The van der Waals surface area contributed by atoms with E-state index in [0.29, 0.717) is 11.3 Å². The van der Waals surface area contributed by atoms with Gasteiger partial charge in [0.15, 0.2) is 0 Å². The van der Waals surface area contributed by atoms with Gasteiger partial charge >= 0.3 is 0 Å². The van der Waals surface area contributed by atoms with E-state index >= 15 is 0 Å². The van der Waals surface area contributed by atoms with Crippen molar-refractivity contribution in [1.82, 2.24) is 0 Å². The third-order valence-electron chi connectivity index (χ3n) is 12.0. The zero-order chi connectivity index (χ0) is 39.1. The smallest absolute Gasteiger partial charge is 0.0472 e. The molecule has 0 aliphatic carbocycles. The molecule has 0 unspecified atom stereocenters. The first kappa shape index (κ1) is 35.4. The average molecular weight is 783 g/mol. The number of nitrogens with one attached hydrogen (secondary N) is 2. The summed E-state index contributed by atoms with van der Waals surface area (Å²) >= 11 is 0. The molecule has 2 nitrogen and oxygen atoms in total. The Morgan fingerprint density at radius 1 is 0.276 bits per heavy atom. The van der Waals surface area contributed by atoms with E-state index in [4.69, 9.17) is 0 Å². The number of benzene rings is 10. The SMILES string of the molecule is CC(C)P1c2cc3ccccc3cc2Nc2cc3cc4ccccc4cc3cc2P(C(C)C)c2cc3cc4ccccc4cc3cc2Nc2cc3ccccc3cc21. The second kappa shape index (κ2) is 14.0. The second-order valence-corrected chi connectivity index (χ2v) is 21.9. The van der Waals surface area contributed by atoms with Crippen molar-refractivity contribution in [2.24, 2.45) is 0 Å². The molecule has 0 spiro atoms. The molecule has 280 valence electrons. The highest BCUT2D eigenvalue weighted by Gasteiger charge is 2.30. The molecular weight excluding hydrogens is 739 g/mol. The first-order chi connectivity index (χ1) is 28.3. The van der Waals surface area contributed by atoms with Crippen LogP contribution in [0.5, 0.6) is 0 Å². The largest absolute Gasteiger partial charge is 0.354 e. The lowest BCUT2D eigenvalue weighted by atomic mass is 10.0. The van der Waals surface area contributed by atoms with E-state index in [1.165, 1.54) is 109 Å². The fraction of sp³-hybridized carbons (Fsp3) is 0.111. The van der Waals surface area contributed by atoms with Gasteiger partial charge in [-0.3, -0.25) is 0 Å². The lowest BCUT2D eigenvalue weighted by molar-refractivity contribution is 1.10. The summed E-state index contributed by atoms with van der Waals surface area (Å²) in [5, 5.41) is 29.2. The topological polar surface area (TPSA) is 24.1 Å². The van der Waals surface area contributed by atoms with Crippen LogP contribution in [0.25, 0.3) is 64.6 Å². The Morgan fingerprint density at radius 3 is 0.759 bits per heavy atom. The normalized spacial score (nSPS) is 15.5. The first-order valence-electron chi connectivity index (χ1n) is 20.5. The van der Waals surface area contributed by atoms with Gasteiger partial charge in [0, 0.05) is 44.0 Å². The van der Waals surface area contributed by atoms with Gasteiger partial charge < -0.3 is 10.6 Å². The van der Waals surface area contributed by atoms with Crippen LogP contribution in [0.15, 0.2) is 170 Å². The lowest BCUT2D eigenvalue weighted by Gasteiger charge is -2.33. The van der Waals surface area contributed by atoms with Crippen molar-refractivity contribution < 1.29 is 0 Å². The third-order valence-corrected chi connectivity index (χ3v) is 17.6. The third kappa shape index (κ3) is 6.02. The summed E-state index contributed by atoms with van der Waals surface area (Å²) in [5.74, 6) is 0. The van der Waals surface area contributed by atoms with Gasteiger partial charge in [0.1, 0.15) is 0 Å². The lowest BCUT2D eigenvalue weighted by Crippen LogP contribution is -2.27. The molecule has 0 aromatic heterocycles. The molecule has 0 amide bonds. The summed E-state index contributed by atoms with van der Waals surface area (Å²) in [6.07, 6.45) is 0. The van der Waals surface area contributed by atoms with Crippen molar-refractivity contribution >= 4 is 124 Å². The van der Waals surface area contributed by atoms with Crippen LogP contribution in [-0.2, 0) is 0 Å². The second-order valence-electron chi connectivity index (χ2n) is 16.4. The Bertz CT molecular complexity index is 3060. The van der Waals surface area contributed by atoms with Gasteiger partial charge in [-0.15, -0.1) is 0 Å². The maximum absolute atomic E-state index is 4.23. The van der Waals surface area contributed by atoms with Crippen LogP contribution in [0, 0.1) is 0 Å². The summed E-state index contributed by atoms with van der Waals surface area (Å²) in [6, 6.07) is 64.5. The minimum absolute atomic E-state index is 0.356. The highest BCUT2D eigenvalue weighted by molar-refractivity contribution is 7.74. The summed E-state index contributed by atoms with van der Waals surface area (Å²) in [6.45, 7) is 9.65. The van der Waals surface area contributed by atoms with E-state index < -0.39 is 15.8 Å². The van der Waals surface area contributed by atoms with E-state index in [1.54, 1.807) is 0 Å². The summed E-state index contributed by atoms with van der Waals surface area (Å²) in [4.78, 5) is 0. The average Bonchev–Trinajstić information content (AvgIpc) is 3.22. The van der Waals surface area contributed by atoms with Crippen molar-refractivity contribution in [3.63, 3.8) is 0 Å². The molecule has 0 radical (unpaired) electrons. The summed E-state index contributed by atoms with van der Waals surface area (Å²) in [5.41, 5.74) is 5.52. The molecule has 2 N–H and O–H groups in total. The molecule has 1 heterocycles. The first-order valence-corrected chi connectivity index (χ1v) is 23.3. The van der Waals surface area contributed by atoms with Gasteiger partial charge in [0.25, 0.3) is 0 Å². The van der Waals surface area contributed by atoms with Crippen LogP contribution in [-0.4, -0.2) is 11.3 Å². The molecule has 0 saturated heterocycles. The molecule has 10 aromatic rings. The Hall–Kier alpha value is -5.78. The van der Waals surface area contributed by atoms with Gasteiger partial charge in [-0.05, 0) is 165 Å². The molecule has 0 fully saturated rings. The van der Waals surface area contributed by atoms with Crippen LogP contribution >= 0.6 is 15.8 Å². The summed E-state index contributed by atoms with van der Waals surface area (Å²) in [7, 11) is -1.72. The Labute approximate surface area is 342 Å². The Morgan fingerprint density at radius 2 is 0.483 bits per heavy atom. The number of anilines is 4. The minimum atomic E-state index is -0.879. The standard InChI is InChI=1S/C54H44N2P2/c1-33(2)57-51-29-41-19-11-9-17-39(41)25-47(51)55-49-27-43-21-35-13-5-7-15-37(35)23-45(43)31-53(49)58(34(3)4)54-32-46-24-38-16-8-6-14-36(38)22-44(46)28-50(54)56-48-26-40-18-10-12-20-42(40)30-52(48)57/h5-34,55-56H,1-4H3. The van der Waals surface area contributed by atoms with E-state index in [-0.39, 0.29) is 0 Å². The summed E-state index contributed by atoms with van der Waals surface area (Å²) < 4.78 is 0. The molecule has 1 aliphatic rings. The van der Waals surface area contributed by atoms with Gasteiger partial charge in [-0.2, -0.15) is 0 Å². The van der Waals surface area contributed by atoms with Crippen molar-refractivity contribution in [2.75, 3.05) is 10.6 Å². The van der Waals surface area contributed by atoms with Gasteiger partial charge in [-0.25, -0.2) is 0 Å². The fourth-order valence-corrected chi connectivity index (χ4v) is 14.7. The zero-order valence-corrected chi connectivity index (χ0v) is 35.0. The van der Waals surface area contributed by atoms with Gasteiger partial charge in [0.2, 0.25) is 0 Å². The molecule has 11 rings (SSSR count). The van der Waals surface area contributed by atoms with E-state index in [0.717, 1.165) is 0 Å². The van der Waals surface area contributed by atoms with Crippen LogP contribution < -0.4 is 31.9 Å². The molecular formula is C54H44N2P2. The zero-order valence-electron chi connectivity index (χ0n) is 33.2. The fourth-order valence-electron chi connectivity index (χ4n) is 9.28. The van der Waals surface area contributed by atoms with E-state index in [9.17, 15) is 0 Å². The van der Waals surface area contributed by atoms with Crippen LogP contribution in [0.1, 0.15) is 27.7 Å². The Kier molecular flexibility index (Phi) is 8.51. The van der Waals surface area contributed by atoms with Crippen molar-refractivity contribution in [3.8, 4) is 0 Å². The molecule has 1 aliphatic heterocycles. The quantitative estimate of drug-likeness (QED) is 0.135. The van der Waals surface area contributed by atoms with Crippen molar-refractivity contribution in [1.29, 1.82) is 0 Å². The molecule has 4 heteroatoms. The molecule has 0 bridgehead atoms. The highest BCUT2D eigenvalue weighted by Crippen LogP contribution is 2.50. The number of rotatable bonds is 2. The van der Waals surface area contributed by atoms with Gasteiger partial charge in [0.05, 0.1) is 0 Å². The number of fused-ring (bicyclic) bond motifs is 10. The monoisotopic (exact) mass is 782 g/mol. The molecule has 58 heavy (non-hydrogen) atoms. The predicted octanol–water partition coefficient (Wildman–Crippen LogP) is 14.1. The molecule has 10 aromatic carbocycles. The van der Waals surface area contributed by atoms with Crippen LogP contribution in [0.4, 0.5) is 22.7 Å². The maximum Gasteiger partial charge on any atom is 0.0472 e. The van der Waals surface area contributed by atoms with Gasteiger partial charge in [-0.1, -0.05) is 125 Å². The number of hydrogen-bond donors (Lipinski definition) is 2. The van der Waals surface area contributed by atoms with Crippen molar-refractivity contribution in [2.45, 2.75) is 39.0 Å². The van der Waals surface area contributed by atoms with E-state index in [2.05, 4.69) is 208 Å². The minimum Gasteiger partial charge on any atom is -0.354 e. The number of hydrogen-bond acceptors (Lipinski definition) is 2. The van der Waals surface area contributed by atoms with Crippen LogP contribution in [0.2, 0.25) is 0 Å².